The van der Waals surface area contributed by atoms with E-state index in [1.165, 1.54) is 5.19 Å². The number of carbonyl (C=O) groups excluding carboxylic acids is 1. The van der Waals surface area contributed by atoms with Gasteiger partial charge in [-0.15, -0.1) is 0 Å². The SMILES string of the molecule is COC[C@H]1O[C@@H](c2ccccc2OC)[C@@H](C=O)[C@@H]1[Si](C)(C)c1ccccc1. The van der Waals surface area contributed by atoms with Crippen LogP contribution < -0.4 is 9.92 Å². The molecule has 1 aliphatic rings. The molecule has 0 spiro atoms. The molecule has 144 valence electrons. The molecule has 5 heteroatoms. The van der Waals surface area contributed by atoms with Crippen LogP contribution in [0.5, 0.6) is 5.75 Å². The van der Waals surface area contributed by atoms with Crippen molar-refractivity contribution in [3.8, 4) is 5.75 Å². The summed E-state index contributed by atoms with van der Waals surface area (Å²) in [7, 11) is 1.32. The minimum atomic E-state index is -2.01. The van der Waals surface area contributed by atoms with Gasteiger partial charge in [0.15, 0.2) is 0 Å². The molecule has 2 aromatic rings. The summed E-state index contributed by atoms with van der Waals surface area (Å²) in [6.45, 7) is 5.12. The second-order valence-corrected chi connectivity index (χ2v) is 12.3. The number of aldehydes is 1. The van der Waals surface area contributed by atoms with Crippen molar-refractivity contribution in [2.75, 3.05) is 20.8 Å². The van der Waals surface area contributed by atoms with Crippen LogP contribution in [-0.2, 0) is 14.3 Å². The van der Waals surface area contributed by atoms with Gasteiger partial charge in [0.2, 0.25) is 0 Å². The molecule has 0 N–H and O–H groups in total. The summed E-state index contributed by atoms with van der Waals surface area (Å²) in [5.74, 6) is 0.522. The van der Waals surface area contributed by atoms with Gasteiger partial charge in [-0.2, -0.15) is 0 Å². The molecule has 0 unspecified atom stereocenters. The van der Waals surface area contributed by atoms with E-state index in [-0.39, 0.29) is 23.7 Å². The lowest BCUT2D eigenvalue weighted by atomic mass is 9.94. The standard InChI is InChI=1S/C22H28O4Si/c1-24-15-20-22(27(3,4)16-10-6-5-7-11-16)18(14-23)21(26-20)17-12-8-9-13-19(17)25-2/h5-14,18,20-22H,15H2,1-4H3/t18-,20-,21+,22+/m1/s1. The second-order valence-electron chi connectivity index (χ2n) is 7.62. The van der Waals surface area contributed by atoms with E-state index in [4.69, 9.17) is 14.2 Å². The predicted molar refractivity (Wildman–Crippen MR) is 109 cm³/mol. The van der Waals surface area contributed by atoms with Crippen LogP contribution in [0.25, 0.3) is 0 Å². The molecule has 1 saturated heterocycles. The molecule has 3 rings (SSSR count). The van der Waals surface area contributed by atoms with E-state index in [0.717, 1.165) is 17.6 Å². The van der Waals surface area contributed by atoms with Crippen molar-refractivity contribution in [1.82, 2.24) is 0 Å². The fourth-order valence-corrected chi connectivity index (χ4v) is 8.21. The zero-order chi connectivity index (χ0) is 19.4. The molecule has 2 aromatic carbocycles. The van der Waals surface area contributed by atoms with E-state index in [1.807, 2.05) is 30.3 Å². The molecule has 0 amide bonds. The maximum Gasteiger partial charge on any atom is 0.126 e. The highest BCUT2D eigenvalue weighted by Gasteiger charge is 2.53. The first-order valence-electron chi connectivity index (χ1n) is 9.32. The van der Waals surface area contributed by atoms with E-state index in [2.05, 4.69) is 37.4 Å². The Morgan fingerprint density at radius 1 is 1.04 bits per heavy atom. The summed E-state index contributed by atoms with van der Waals surface area (Å²) in [4.78, 5) is 12.3. The summed E-state index contributed by atoms with van der Waals surface area (Å²) in [5, 5.41) is 1.33. The summed E-state index contributed by atoms with van der Waals surface area (Å²) in [6.07, 6.45) is 0.635. The fraction of sp³-hybridized carbons (Fsp3) is 0.409. The predicted octanol–water partition coefficient (Wildman–Crippen LogP) is 3.58. The average molecular weight is 385 g/mol. The topological polar surface area (TPSA) is 44.8 Å². The Morgan fingerprint density at radius 3 is 2.33 bits per heavy atom. The van der Waals surface area contributed by atoms with Gasteiger partial charge in [0.1, 0.15) is 12.0 Å². The molecule has 0 saturated carbocycles. The molecule has 0 aromatic heterocycles. The Morgan fingerprint density at radius 2 is 1.70 bits per heavy atom. The van der Waals surface area contributed by atoms with E-state index in [1.54, 1.807) is 14.2 Å². The van der Waals surface area contributed by atoms with Gasteiger partial charge in [-0.3, -0.25) is 0 Å². The van der Waals surface area contributed by atoms with Crippen molar-refractivity contribution in [3.63, 3.8) is 0 Å². The lowest BCUT2D eigenvalue weighted by molar-refractivity contribution is -0.112. The number of ether oxygens (including phenoxy) is 3. The minimum absolute atomic E-state index is 0.118. The Bertz CT molecular complexity index is 762. The summed E-state index contributed by atoms with van der Waals surface area (Å²) in [6, 6.07) is 18.3. The summed E-state index contributed by atoms with van der Waals surface area (Å²) in [5.41, 5.74) is 1.05. The normalized spacial score (nSPS) is 25.3. The molecule has 4 atom stereocenters. The number of rotatable bonds is 7. The fourth-order valence-electron chi connectivity index (χ4n) is 4.45. The molecule has 0 radical (unpaired) electrons. The van der Waals surface area contributed by atoms with Crippen molar-refractivity contribution in [1.29, 1.82) is 0 Å². The van der Waals surface area contributed by atoms with Gasteiger partial charge in [0.25, 0.3) is 0 Å². The van der Waals surface area contributed by atoms with Crippen LogP contribution in [0.3, 0.4) is 0 Å². The van der Waals surface area contributed by atoms with Gasteiger partial charge in [0.05, 0.1) is 34.0 Å². The van der Waals surface area contributed by atoms with Crippen LogP contribution in [0.1, 0.15) is 11.7 Å². The van der Waals surface area contributed by atoms with Gasteiger partial charge >= 0.3 is 0 Å². The molecule has 27 heavy (non-hydrogen) atoms. The number of carbonyl (C=O) groups is 1. The molecule has 0 bridgehead atoms. The van der Waals surface area contributed by atoms with Crippen LogP contribution in [-0.4, -0.2) is 41.3 Å². The van der Waals surface area contributed by atoms with Crippen molar-refractivity contribution >= 4 is 19.5 Å². The van der Waals surface area contributed by atoms with Crippen molar-refractivity contribution in [2.45, 2.75) is 30.8 Å². The van der Waals surface area contributed by atoms with Gasteiger partial charge in [-0.25, -0.2) is 0 Å². The molecule has 1 fully saturated rings. The van der Waals surface area contributed by atoms with Gasteiger partial charge in [-0.05, 0) is 11.6 Å². The third-order valence-corrected chi connectivity index (χ3v) is 10.0. The Labute approximate surface area is 162 Å². The average Bonchev–Trinajstić information content (AvgIpc) is 3.07. The molecular formula is C22H28O4Si. The molecule has 4 nitrogen and oxygen atoms in total. The number of hydrogen-bond donors (Lipinski definition) is 0. The van der Waals surface area contributed by atoms with Crippen LogP contribution in [0.15, 0.2) is 54.6 Å². The molecule has 0 aliphatic carbocycles. The minimum Gasteiger partial charge on any atom is -0.496 e. The van der Waals surface area contributed by atoms with Crippen molar-refractivity contribution < 1.29 is 19.0 Å². The lowest BCUT2D eigenvalue weighted by Crippen LogP contribution is -2.51. The maximum atomic E-state index is 12.3. The van der Waals surface area contributed by atoms with Crippen molar-refractivity contribution in [3.05, 3.63) is 60.2 Å². The van der Waals surface area contributed by atoms with E-state index >= 15 is 0 Å². The third kappa shape index (κ3) is 3.72. The van der Waals surface area contributed by atoms with Crippen molar-refractivity contribution in [2.24, 2.45) is 5.92 Å². The monoisotopic (exact) mass is 384 g/mol. The Balaban J connectivity index is 2.05. The van der Waals surface area contributed by atoms with E-state index in [9.17, 15) is 4.79 Å². The smallest absolute Gasteiger partial charge is 0.126 e. The largest absolute Gasteiger partial charge is 0.496 e. The van der Waals surface area contributed by atoms with Crippen LogP contribution >= 0.6 is 0 Å². The van der Waals surface area contributed by atoms with Crippen LogP contribution in [0.2, 0.25) is 18.6 Å². The quantitative estimate of drug-likeness (QED) is 0.541. The highest BCUT2D eigenvalue weighted by molar-refractivity contribution is 6.91. The highest BCUT2D eigenvalue weighted by Crippen LogP contribution is 2.51. The molecular weight excluding hydrogens is 356 g/mol. The van der Waals surface area contributed by atoms with Gasteiger partial charge < -0.3 is 19.0 Å². The number of methoxy groups -OCH3 is 2. The lowest BCUT2D eigenvalue weighted by Gasteiger charge is -2.35. The first-order chi connectivity index (χ1) is 13.0. The zero-order valence-electron chi connectivity index (χ0n) is 16.4. The van der Waals surface area contributed by atoms with Gasteiger partial charge in [0, 0.05) is 18.6 Å². The van der Waals surface area contributed by atoms with E-state index < -0.39 is 8.07 Å². The molecule has 1 aliphatic heterocycles. The Kier molecular flexibility index (Phi) is 6.14. The highest BCUT2D eigenvalue weighted by atomic mass is 28.3. The van der Waals surface area contributed by atoms with Crippen LogP contribution in [0.4, 0.5) is 0 Å². The number of hydrogen-bond acceptors (Lipinski definition) is 4. The van der Waals surface area contributed by atoms with E-state index in [0.29, 0.717) is 6.61 Å². The summed E-state index contributed by atoms with van der Waals surface area (Å²) >= 11 is 0. The summed E-state index contributed by atoms with van der Waals surface area (Å²) < 4.78 is 17.5. The molecule has 1 heterocycles. The first-order valence-corrected chi connectivity index (χ1v) is 12.4. The number of para-hydroxylation sites is 1. The van der Waals surface area contributed by atoms with Gasteiger partial charge in [-0.1, -0.05) is 66.8 Å². The third-order valence-electron chi connectivity index (χ3n) is 5.77. The second kappa shape index (κ2) is 8.38. The zero-order valence-corrected chi connectivity index (χ0v) is 17.4. The van der Waals surface area contributed by atoms with Crippen LogP contribution in [0, 0.1) is 5.92 Å². The first kappa shape index (κ1) is 19.8. The Hall–Kier alpha value is -1.95. The number of benzene rings is 2. The maximum absolute atomic E-state index is 12.3.